The fourth-order valence-electron chi connectivity index (χ4n) is 2.34. The van der Waals surface area contributed by atoms with E-state index in [1.807, 2.05) is 0 Å². The van der Waals surface area contributed by atoms with Gasteiger partial charge in [0.1, 0.15) is 0 Å². The Morgan fingerprint density at radius 3 is 2.36 bits per heavy atom. The third kappa shape index (κ3) is 3.44. The van der Waals surface area contributed by atoms with E-state index in [-0.39, 0.29) is 11.8 Å². The van der Waals surface area contributed by atoms with E-state index >= 15 is 0 Å². The summed E-state index contributed by atoms with van der Waals surface area (Å²) in [5, 5.41) is 11.6. The number of hydrogen-bond donors (Lipinski definition) is 2. The van der Waals surface area contributed by atoms with Crippen molar-refractivity contribution in [1.29, 1.82) is 0 Å². The van der Waals surface area contributed by atoms with Crippen LogP contribution in [0.25, 0.3) is 0 Å². The molecule has 0 aliphatic carbocycles. The van der Waals surface area contributed by atoms with Crippen LogP contribution in [-0.2, 0) is 9.59 Å². The lowest BCUT2D eigenvalue weighted by atomic mass is 10.0. The molecule has 1 heterocycles. The van der Waals surface area contributed by atoms with Gasteiger partial charge in [0.25, 0.3) is 5.91 Å². The number of rotatable bonds is 5. The Labute approximate surface area is 129 Å². The summed E-state index contributed by atoms with van der Waals surface area (Å²) in [6.45, 7) is 3.92. The zero-order chi connectivity index (χ0) is 16.3. The van der Waals surface area contributed by atoms with Gasteiger partial charge in [-0.15, -0.1) is 0 Å². The lowest BCUT2D eigenvalue weighted by molar-refractivity contribution is -0.141. The van der Waals surface area contributed by atoms with Gasteiger partial charge in [0.2, 0.25) is 5.91 Å². The molecule has 0 aromatic heterocycles. The largest absolute Gasteiger partial charge is 0.481 e. The monoisotopic (exact) mass is 304 g/mol. The van der Waals surface area contributed by atoms with E-state index in [0.717, 1.165) is 12.1 Å². The van der Waals surface area contributed by atoms with Crippen LogP contribution in [0.4, 0.5) is 5.69 Å². The zero-order valence-electron chi connectivity index (χ0n) is 12.7. The van der Waals surface area contributed by atoms with Crippen LogP contribution in [0.5, 0.6) is 0 Å². The molecule has 1 saturated heterocycles. The smallest absolute Gasteiger partial charge is 0.308 e. The quantitative estimate of drug-likeness (QED) is 0.866. The Bertz CT molecular complexity index is 582. The molecular weight excluding hydrogens is 284 g/mol. The first kappa shape index (κ1) is 16.0. The average molecular weight is 304 g/mol. The molecule has 6 heteroatoms. The van der Waals surface area contributed by atoms with Crippen molar-refractivity contribution >= 4 is 23.5 Å². The van der Waals surface area contributed by atoms with Crippen molar-refractivity contribution in [2.75, 3.05) is 11.4 Å². The molecule has 1 aromatic rings. The van der Waals surface area contributed by atoms with Gasteiger partial charge >= 0.3 is 5.97 Å². The van der Waals surface area contributed by atoms with Gasteiger partial charge in [-0.2, -0.15) is 0 Å². The number of benzene rings is 1. The van der Waals surface area contributed by atoms with Gasteiger partial charge in [-0.05, 0) is 44.5 Å². The van der Waals surface area contributed by atoms with Crippen LogP contribution in [-0.4, -0.2) is 35.5 Å². The summed E-state index contributed by atoms with van der Waals surface area (Å²) in [6, 6.07) is 6.31. The predicted molar refractivity (Wildman–Crippen MR) is 81.8 cm³/mol. The summed E-state index contributed by atoms with van der Waals surface area (Å²) < 4.78 is 0. The van der Waals surface area contributed by atoms with Gasteiger partial charge in [-0.25, -0.2) is 0 Å². The molecular formula is C16H20N2O4. The molecule has 2 unspecified atom stereocenters. The number of nitrogens with zero attached hydrogens (tertiary/aromatic N) is 1. The van der Waals surface area contributed by atoms with Gasteiger partial charge in [0.05, 0.1) is 5.92 Å². The van der Waals surface area contributed by atoms with Crippen molar-refractivity contribution in [3.63, 3.8) is 0 Å². The maximum absolute atomic E-state index is 12.1. The second-order valence-electron chi connectivity index (χ2n) is 5.58. The van der Waals surface area contributed by atoms with E-state index < -0.39 is 17.9 Å². The predicted octanol–water partition coefficient (Wildman–Crippen LogP) is 1.65. The molecule has 0 bridgehead atoms. The molecule has 0 radical (unpaired) electrons. The van der Waals surface area contributed by atoms with Crippen LogP contribution in [0.15, 0.2) is 24.3 Å². The van der Waals surface area contributed by atoms with Gasteiger partial charge in [0, 0.05) is 30.3 Å². The van der Waals surface area contributed by atoms with Gasteiger partial charge in [0.15, 0.2) is 0 Å². The number of aliphatic carboxylic acids is 1. The Balaban J connectivity index is 2.02. The van der Waals surface area contributed by atoms with Crippen molar-refractivity contribution < 1.29 is 19.5 Å². The van der Waals surface area contributed by atoms with Crippen LogP contribution in [0.2, 0.25) is 0 Å². The second kappa shape index (κ2) is 6.60. The van der Waals surface area contributed by atoms with Gasteiger partial charge in [-0.3, -0.25) is 14.4 Å². The van der Waals surface area contributed by atoms with Crippen molar-refractivity contribution in [1.82, 2.24) is 5.32 Å². The SMILES string of the molecule is CC(NC(=O)c1ccc(N2CCCC2=O)cc1)C(C)C(=O)O. The highest BCUT2D eigenvalue weighted by atomic mass is 16.4. The molecule has 2 N–H and O–H groups in total. The lowest BCUT2D eigenvalue weighted by Gasteiger charge is -2.18. The highest BCUT2D eigenvalue weighted by Crippen LogP contribution is 2.21. The molecule has 0 saturated carbocycles. The number of carboxylic acid groups (broad SMARTS) is 1. The van der Waals surface area contributed by atoms with E-state index in [0.29, 0.717) is 18.5 Å². The topological polar surface area (TPSA) is 86.7 Å². The Kier molecular flexibility index (Phi) is 4.80. The average Bonchev–Trinajstić information content (AvgIpc) is 2.92. The Morgan fingerprint density at radius 2 is 1.86 bits per heavy atom. The second-order valence-corrected chi connectivity index (χ2v) is 5.58. The minimum atomic E-state index is -0.948. The molecule has 0 spiro atoms. The number of hydrogen-bond acceptors (Lipinski definition) is 3. The molecule has 6 nitrogen and oxygen atoms in total. The van der Waals surface area contributed by atoms with E-state index in [9.17, 15) is 14.4 Å². The van der Waals surface area contributed by atoms with Crippen molar-refractivity contribution in [3.8, 4) is 0 Å². The van der Waals surface area contributed by atoms with Crippen LogP contribution < -0.4 is 10.2 Å². The highest BCUT2D eigenvalue weighted by Gasteiger charge is 2.23. The van der Waals surface area contributed by atoms with Gasteiger partial charge in [-0.1, -0.05) is 0 Å². The number of carboxylic acids is 1. The van der Waals surface area contributed by atoms with E-state index in [4.69, 9.17) is 5.11 Å². The maximum atomic E-state index is 12.1. The minimum absolute atomic E-state index is 0.0982. The summed E-state index contributed by atoms with van der Waals surface area (Å²) >= 11 is 0. The molecule has 118 valence electrons. The number of carbonyl (C=O) groups excluding carboxylic acids is 2. The highest BCUT2D eigenvalue weighted by molar-refractivity contribution is 5.97. The van der Waals surface area contributed by atoms with E-state index in [1.54, 1.807) is 43.0 Å². The third-order valence-electron chi connectivity index (χ3n) is 4.01. The molecule has 1 aliphatic heterocycles. The van der Waals surface area contributed by atoms with E-state index in [2.05, 4.69) is 5.32 Å². The first-order valence-electron chi connectivity index (χ1n) is 7.34. The summed E-state index contributed by atoms with van der Waals surface area (Å²) in [4.78, 5) is 36.4. The Morgan fingerprint density at radius 1 is 1.23 bits per heavy atom. The summed E-state index contributed by atoms with van der Waals surface area (Å²) in [5.74, 6) is -1.83. The number of anilines is 1. The molecule has 2 amide bonds. The third-order valence-corrected chi connectivity index (χ3v) is 4.01. The fraction of sp³-hybridized carbons (Fsp3) is 0.438. The van der Waals surface area contributed by atoms with E-state index in [1.165, 1.54) is 0 Å². The molecule has 2 atom stereocenters. The summed E-state index contributed by atoms with van der Waals surface area (Å²) in [6.07, 6.45) is 1.42. The lowest BCUT2D eigenvalue weighted by Crippen LogP contribution is -2.40. The zero-order valence-corrected chi connectivity index (χ0v) is 12.7. The Hall–Kier alpha value is -2.37. The summed E-state index contributed by atoms with van der Waals surface area (Å²) in [7, 11) is 0. The first-order chi connectivity index (χ1) is 10.4. The van der Waals surface area contributed by atoms with Crippen molar-refractivity contribution in [3.05, 3.63) is 29.8 Å². The number of amides is 2. The first-order valence-corrected chi connectivity index (χ1v) is 7.34. The molecule has 2 rings (SSSR count). The molecule has 22 heavy (non-hydrogen) atoms. The standard InChI is InChI=1S/C16H20N2O4/c1-10(16(21)22)11(2)17-15(20)12-5-7-13(8-6-12)18-9-3-4-14(18)19/h5-8,10-11H,3-4,9H2,1-2H3,(H,17,20)(H,21,22). The van der Waals surface area contributed by atoms with Crippen molar-refractivity contribution in [2.45, 2.75) is 32.7 Å². The van der Waals surface area contributed by atoms with Crippen LogP contribution in [0.3, 0.4) is 0 Å². The number of carbonyl (C=O) groups is 3. The molecule has 1 aromatic carbocycles. The molecule has 1 fully saturated rings. The fourth-order valence-corrected chi connectivity index (χ4v) is 2.34. The maximum Gasteiger partial charge on any atom is 0.308 e. The van der Waals surface area contributed by atoms with Crippen molar-refractivity contribution in [2.24, 2.45) is 5.92 Å². The minimum Gasteiger partial charge on any atom is -0.481 e. The summed E-state index contributed by atoms with van der Waals surface area (Å²) in [5.41, 5.74) is 1.23. The number of nitrogens with one attached hydrogen (secondary N) is 1. The molecule has 1 aliphatic rings. The van der Waals surface area contributed by atoms with Crippen LogP contribution in [0, 0.1) is 5.92 Å². The van der Waals surface area contributed by atoms with Crippen LogP contribution >= 0.6 is 0 Å². The van der Waals surface area contributed by atoms with Crippen LogP contribution in [0.1, 0.15) is 37.0 Å². The normalized spacial score (nSPS) is 17.2. The van der Waals surface area contributed by atoms with Gasteiger partial charge < -0.3 is 15.3 Å².